The molecule has 1 aliphatic heterocycles. The molecular weight excluding hydrogens is 440 g/mol. The van der Waals surface area contributed by atoms with E-state index in [1.807, 2.05) is 25.1 Å². The molecule has 0 unspecified atom stereocenters. The highest BCUT2D eigenvalue weighted by molar-refractivity contribution is 6.30. The third-order valence-corrected chi connectivity index (χ3v) is 6.14. The van der Waals surface area contributed by atoms with E-state index in [4.69, 9.17) is 16.6 Å². The minimum atomic E-state index is -1.02. The van der Waals surface area contributed by atoms with Gasteiger partial charge < -0.3 is 20.2 Å². The molecule has 1 saturated heterocycles. The Labute approximate surface area is 198 Å². The summed E-state index contributed by atoms with van der Waals surface area (Å²) in [7, 11) is 0. The molecule has 172 valence electrons. The predicted molar refractivity (Wildman–Crippen MR) is 133 cm³/mol. The van der Waals surface area contributed by atoms with Crippen LogP contribution in [0.15, 0.2) is 42.5 Å². The van der Waals surface area contributed by atoms with Crippen molar-refractivity contribution in [2.24, 2.45) is 0 Å². The molecule has 4 rings (SSSR count). The molecule has 0 atom stereocenters. The fourth-order valence-electron chi connectivity index (χ4n) is 4.18. The molecule has 1 fully saturated rings. The number of halogens is 1. The molecule has 0 bridgehead atoms. The fraction of sp³-hybridized carbons (Fsp3) is 0.320. The first kappa shape index (κ1) is 22.9. The number of hydrogen-bond donors (Lipinski definition) is 2. The monoisotopic (exact) mass is 466 g/mol. The Hall–Kier alpha value is -3.32. The number of carboxylic acid groups (broad SMARTS) is 1. The van der Waals surface area contributed by atoms with Gasteiger partial charge in [0.05, 0.1) is 11.1 Å². The van der Waals surface area contributed by atoms with Gasteiger partial charge in [-0.15, -0.1) is 0 Å². The number of piperazine rings is 1. The lowest BCUT2D eigenvalue weighted by atomic mass is 10.1. The molecule has 0 aliphatic carbocycles. The van der Waals surface area contributed by atoms with E-state index < -0.39 is 5.97 Å². The molecule has 7 nitrogen and oxygen atoms in total. The molecule has 8 heteroatoms. The van der Waals surface area contributed by atoms with Gasteiger partial charge in [0.2, 0.25) is 5.91 Å². The van der Waals surface area contributed by atoms with Crippen LogP contribution in [0.3, 0.4) is 0 Å². The first-order valence-electron chi connectivity index (χ1n) is 11.1. The molecule has 1 aliphatic rings. The minimum Gasteiger partial charge on any atom is -0.478 e. The minimum absolute atomic E-state index is 0.0916. The van der Waals surface area contributed by atoms with Gasteiger partial charge >= 0.3 is 5.97 Å². The first-order valence-corrected chi connectivity index (χ1v) is 11.5. The number of pyridine rings is 1. The van der Waals surface area contributed by atoms with Crippen molar-refractivity contribution < 1.29 is 14.7 Å². The Kier molecular flexibility index (Phi) is 6.70. The van der Waals surface area contributed by atoms with E-state index >= 15 is 0 Å². The van der Waals surface area contributed by atoms with Gasteiger partial charge in [-0.2, -0.15) is 0 Å². The maximum atomic E-state index is 12.0. The summed E-state index contributed by atoms with van der Waals surface area (Å²) in [5.74, 6) is -0.467. The lowest BCUT2D eigenvalue weighted by Crippen LogP contribution is -2.47. The van der Waals surface area contributed by atoms with Gasteiger partial charge in [-0.1, -0.05) is 24.6 Å². The van der Waals surface area contributed by atoms with E-state index in [0.717, 1.165) is 25.2 Å². The van der Waals surface area contributed by atoms with Crippen LogP contribution in [0.1, 0.15) is 35.7 Å². The third-order valence-electron chi connectivity index (χ3n) is 5.90. The molecule has 2 N–H and O–H groups in total. The summed E-state index contributed by atoms with van der Waals surface area (Å²) in [6.07, 6.45) is 1.16. The van der Waals surface area contributed by atoms with E-state index in [1.54, 1.807) is 24.3 Å². The van der Waals surface area contributed by atoms with Gasteiger partial charge in [0.15, 0.2) is 0 Å². The van der Waals surface area contributed by atoms with E-state index in [1.165, 1.54) is 5.56 Å². The molecular formula is C25H27ClN4O3. The summed E-state index contributed by atoms with van der Waals surface area (Å²) in [6.45, 7) is 7.01. The van der Waals surface area contributed by atoms with Crippen LogP contribution in [0.5, 0.6) is 0 Å². The largest absolute Gasteiger partial charge is 0.478 e. The van der Waals surface area contributed by atoms with Gasteiger partial charge in [-0.25, -0.2) is 9.78 Å². The molecule has 33 heavy (non-hydrogen) atoms. The highest BCUT2D eigenvalue weighted by Gasteiger charge is 2.22. The second kappa shape index (κ2) is 9.67. The van der Waals surface area contributed by atoms with Gasteiger partial charge in [0, 0.05) is 54.4 Å². The second-order valence-corrected chi connectivity index (χ2v) is 8.70. The number of carbonyl (C=O) groups excluding carboxylic acids is 1. The van der Waals surface area contributed by atoms with Crippen LogP contribution in [0, 0.1) is 6.92 Å². The van der Waals surface area contributed by atoms with Crippen LogP contribution in [0.25, 0.3) is 10.9 Å². The Morgan fingerprint density at radius 2 is 1.79 bits per heavy atom. The van der Waals surface area contributed by atoms with Crippen LogP contribution in [-0.2, 0) is 4.79 Å². The van der Waals surface area contributed by atoms with Crippen molar-refractivity contribution >= 4 is 51.6 Å². The van der Waals surface area contributed by atoms with Gasteiger partial charge in [-0.3, -0.25) is 4.79 Å². The smallest absolute Gasteiger partial charge is 0.336 e. The van der Waals surface area contributed by atoms with Gasteiger partial charge in [0.1, 0.15) is 5.82 Å². The zero-order valence-corrected chi connectivity index (χ0v) is 19.5. The maximum Gasteiger partial charge on any atom is 0.336 e. The van der Waals surface area contributed by atoms with Gasteiger partial charge in [-0.05, 0) is 55.3 Å². The Morgan fingerprint density at radius 1 is 1.06 bits per heavy atom. The summed E-state index contributed by atoms with van der Waals surface area (Å²) in [4.78, 5) is 33.1. The number of fused-ring (bicyclic) bond motifs is 1. The second-order valence-electron chi connectivity index (χ2n) is 8.27. The normalized spacial score (nSPS) is 13.9. The topological polar surface area (TPSA) is 85.8 Å². The first-order chi connectivity index (χ1) is 15.9. The van der Waals surface area contributed by atoms with Crippen LogP contribution < -0.4 is 15.1 Å². The van der Waals surface area contributed by atoms with E-state index in [0.29, 0.717) is 46.9 Å². The number of anilines is 3. The quantitative estimate of drug-likeness (QED) is 0.534. The van der Waals surface area contributed by atoms with Crippen molar-refractivity contribution in [3.63, 3.8) is 0 Å². The lowest BCUT2D eigenvalue weighted by Gasteiger charge is -2.37. The number of carbonyl (C=O) groups is 2. The average Bonchev–Trinajstić information content (AvgIpc) is 2.80. The van der Waals surface area contributed by atoms with Crippen molar-refractivity contribution in [1.29, 1.82) is 0 Å². The van der Waals surface area contributed by atoms with Crippen LogP contribution >= 0.6 is 11.6 Å². The molecule has 2 aromatic carbocycles. The molecule has 3 aromatic rings. The number of benzene rings is 2. The number of rotatable bonds is 6. The number of aromatic carboxylic acids is 1. The van der Waals surface area contributed by atoms with E-state index in [9.17, 15) is 14.7 Å². The Balaban J connectivity index is 1.58. The molecule has 1 amide bonds. The van der Waals surface area contributed by atoms with Crippen LogP contribution in [0.2, 0.25) is 5.02 Å². The molecule has 0 saturated carbocycles. The van der Waals surface area contributed by atoms with Crippen LogP contribution in [-0.4, -0.2) is 48.1 Å². The lowest BCUT2D eigenvalue weighted by molar-refractivity contribution is -0.116. The van der Waals surface area contributed by atoms with Gasteiger partial charge in [0.25, 0.3) is 0 Å². The van der Waals surface area contributed by atoms with Crippen molar-refractivity contribution in [3.05, 3.63) is 58.6 Å². The zero-order chi connectivity index (χ0) is 23.5. The molecule has 1 aromatic heterocycles. The summed E-state index contributed by atoms with van der Waals surface area (Å²) >= 11 is 6.19. The van der Waals surface area contributed by atoms with Crippen molar-refractivity contribution in [2.75, 3.05) is 41.3 Å². The number of nitrogens with zero attached hydrogens (tertiary/aromatic N) is 3. The predicted octanol–water partition coefficient (Wildman–Crippen LogP) is 4.96. The van der Waals surface area contributed by atoms with Crippen LogP contribution in [0.4, 0.5) is 17.2 Å². The maximum absolute atomic E-state index is 12.0. The number of nitrogens with one attached hydrogen (secondary N) is 1. The highest BCUT2D eigenvalue weighted by atomic mass is 35.5. The molecule has 0 spiro atoms. The number of amides is 1. The summed E-state index contributed by atoms with van der Waals surface area (Å²) in [6, 6.07) is 12.7. The number of hydrogen-bond acceptors (Lipinski definition) is 5. The highest BCUT2D eigenvalue weighted by Crippen LogP contribution is 2.29. The van der Waals surface area contributed by atoms with E-state index in [-0.39, 0.29) is 11.5 Å². The Morgan fingerprint density at radius 3 is 2.48 bits per heavy atom. The van der Waals surface area contributed by atoms with Crippen molar-refractivity contribution in [2.45, 2.75) is 26.7 Å². The van der Waals surface area contributed by atoms with E-state index in [2.05, 4.69) is 22.0 Å². The summed E-state index contributed by atoms with van der Waals surface area (Å²) in [5, 5.41) is 13.9. The standard InChI is InChI=1S/C25H27ClN4O3/c1-3-4-24(31)27-18-7-8-21-19(14-18)20(25(32)33)15-23(28-21)30-11-9-29(10-12-30)22-13-17(26)6-5-16(22)2/h5-8,13-15H,3-4,9-12H2,1-2H3,(H,27,31)(H,32,33). The number of carboxylic acids is 1. The molecule has 2 heterocycles. The molecule has 0 radical (unpaired) electrons. The third kappa shape index (κ3) is 5.03. The summed E-state index contributed by atoms with van der Waals surface area (Å²) < 4.78 is 0. The Bertz CT molecular complexity index is 1210. The fourth-order valence-corrected chi connectivity index (χ4v) is 4.35. The zero-order valence-electron chi connectivity index (χ0n) is 18.8. The number of aromatic nitrogens is 1. The SMILES string of the molecule is CCCC(=O)Nc1ccc2nc(N3CCN(c4cc(Cl)ccc4C)CC3)cc(C(=O)O)c2c1. The van der Waals surface area contributed by atoms with Crippen molar-refractivity contribution in [3.8, 4) is 0 Å². The average molecular weight is 467 g/mol. The summed E-state index contributed by atoms with van der Waals surface area (Å²) in [5.41, 5.74) is 3.63. The number of aryl methyl sites for hydroxylation is 1. The van der Waals surface area contributed by atoms with Crippen molar-refractivity contribution in [1.82, 2.24) is 4.98 Å².